The van der Waals surface area contributed by atoms with Crippen molar-refractivity contribution in [1.29, 1.82) is 0 Å². The summed E-state index contributed by atoms with van der Waals surface area (Å²) in [5.74, 6) is -0.391. The molecule has 156 valence electrons. The number of rotatable bonds is 8. The number of benzene rings is 2. The molecule has 2 N–H and O–H groups in total. The number of amides is 1. The normalized spacial score (nSPS) is 13.8. The fourth-order valence-corrected chi connectivity index (χ4v) is 4.59. The molecule has 1 amide bonds. The molecule has 0 fully saturated rings. The van der Waals surface area contributed by atoms with E-state index in [1.165, 1.54) is 29.7 Å². The molecule has 2 aromatic carbocycles. The van der Waals surface area contributed by atoms with Crippen molar-refractivity contribution in [3.63, 3.8) is 0 Å². The van der Waals surface area contributed by atoms with E-state index in [-0.39, 0.29) is 29.9 Å². The zero-order chi connectivity index (χ0) is 20.9. The average Bonchev–Trinajstić information content (AvgIpc) is 3.41. The maximum Gasteiger partial charge on any atom is 0.387 e. The van der Waals surface area contributed by atoms with Crippen LogP contribution in [0.25, 0.3) is 0 Å². The molecule has 0 bridgehead atoms. The van der Waals surface area contributed by atoms with Gasteiger partial charge in [-0.05, 0) is 59.5 Å². The molecule has 1 aliphatic rings. The van der Waals surface area contributed by atoms with E-state index < -0.39 is 6.61 Å². The number of hydrogen-bond acceptors (Lipinski definition) is 4. The first-order valence-electron chi connectivity index (χ1n) is 9.82. The summed E-state index contributed by atoms with van der Waals surface area (Å²) in [5, 5.41) is 7.98. The van der Waals surface area contributed by atoms with Gasteiger partial charge in [0.05, 0.1) is 18.3 Å². The van der Waals surface area contributed by atoms with Crippen LogP contribution in [0.3, 0.4) is 0 Å². The van der Waals surface area contributed by atoms with Gasteiger partial charge in [-0.15, -0.1) is 11.3 Å². The fourth-order valence-electron chi connectivity index (χ4n) is 3.77. The predicted octanol–water partition coefficient (Wildman–Crippen LogP) is 5.16. The molecule has 1 heterocycles. The highest BCUT2D eigenvalue weighted by Crippen LogP contribution is 2.30. The first-order chi connectivity index (χ1) is 14.6. The number of carbonyl (C=O) groups excluding carboxylic acids is 1. The van der Waals surface area contributed by atoms with E-state index in [2.05, 4.69) is 33.6 Å². The van der Waals surface area contributed by atoms with Crippen LogP contribution in [0.4, 0.5) is 14.5 Å². The second-order valence-corrected chi connectivity index (χ2v) is 8.11. The van der Waals surface area contributed by atoms with Crippen molar-refractivity contribution < 1.29 is 18.3 Å². The van der Waals surface area contributed by atoms with Gasteiger partial charge in [0.25, 0.3) is 0 Å². The van der Waals surface area contributed by atoms with Crippen molar-refractivity contribution in [2.24, 2.45) is 0 Å². The molecular weight excluding hydrogens is 406 g/mol. The molecule has 0 spiro atoms. The molecule has 0 unspecified atom stereocenters. The third-order valence-electron chi connectivity index (χ3n) is 5.13. The molecular formula is C23H22F2N2O2S. The summed E-state index contributed by atoms with van der Waals surface area (Å²) >= 11 is 1.63. The molecule has 1 aromatic heterocycles. The van der Waals surface area contributed by atoms with Crippen molar-refractivity contribution in [2.75, 3.05) is 11.9 Å². The SMILES string of the molecule is O=C(CN[C@@H](c1ccc2c(c1)CCC2)c1cccs1)Nc1ccccc1OC(F)F. The molecule has 0 radical (unpaired) electrons. The second-order valence-electron chi connectivity index (χ2n) is 7.13. The smallest absolute Gasteiger partial charge is 0.387 e. The average molecular weight is 429 g/mol. The highest BCUT2D eigenvalue weighted by Gasteiger charge is 2.20. The number of anilines is 1. The number of carbonyl (C=O) groups is 1. The van der Waals surface area contributed by atoms with Crippen LogP contribution in [0.15, 0.2) is 60.0 Å². The van der Waals surface area contributed by atoms with Crippen molar-refractivity contribution in [3.05, 3.63) is 81.5 Å². The molecule has 3 aromatic rings. The zero-order valence-corrected chi connectivity index (χ0v) is 17.1. The van der Waals surface area contributed by atoms with Gasteiger partial charge in [-0.3, -0.25) is 10.1 Å². The van der Waals surface area contributed by atoms with Crippen molar-refractivity contribution in [2.45, 2.75) is 31.9 Å². The summed E-state index contributed by atoms with van der Waals surface area (Å²) in [6.07, 6.45) is 3.38. The third kappa shape index (κ3) is 4.86. The maximum atomic E-state index is 12.6. The molecule has 4 nitrogen and oxygen atoms in total. The molecule has 1 aliphatic carbocycles. The monoisotopic (exact) mass is 428 g/mol. The van der Waals surface area contributed by atoms with Crippen molar-refractivity contribution in [1.82, 2.24) is 5.32 Å². The Bertz CT molecular complexity index is 1010. The van der Waals surface area contributed by atoms with Crippen LogP contribution >= 0.6 is 11.3 Å². The minimum atomic E-state index is -2.95. The van der Waals surface area contributed by atoms with Gasteiger partial charge in [0.2, 0.25) is 5.91 Å². The van der Waals surface area contributed by atoms with Gasteiger partial charge >= 0.3 is 6.61 Å². The Morgan fingerprint density at radius 1 is 1.07 bits per heavy atom. The number of fused-ring (bicyclic) bond motifs is 1. The highest BCUT2D eigenvalue weighted by atomic mass is 32.1. The lowest BCUT2D eigenvalue weighted by atomic mass is 10.00. The minimum Gasteiger partial charge on any atom is -0.433 e. The topological polar surface area (TPSA) is 50.4 Å². The lowest BCUT2D eigenvalue weighted by Gasteiger charge is -2.19. The highest BCUT2D eigenvalue weighted by molar-refractivity contribution is 7.10. The quantitative estimate of drug-likeness (QED) is 0.521. The van der Waals surface area contributed by atoms with E-state index in [1.807, 2.05) is 17.5 Å². The van der Waals surface area contributed by atoms with Crippen LogP contribution in [0.1, 0.15) is 34.0 Å². The lowest BCUT2D eigenvalue weighted by Crippen LogP contribution is -2.31. The number of halogens is 2. The number of para-hydroxylation sites is 2. The van der Waals surface area contributed by atoms with Gasteiger partial charge in [-0.2, -0.15) is 8.78 Å². The number of thiophene rings is 1. The van der Waals surface area contributed by atoms with Crippen LogP contribution < -0.4 is 15.4 Å². The summed E-state index contributed by atoms with van der Waals surface area (Å²) in [4.78, 5) is 13.6. The predicted molar refractivity (Wildman–Crippen MR) is 114 cm³/mol. The fraction of sp³-hybridized carbons (Fsp3) is 0.261. The largest absolute Gasteiger partial charge is 0.433 e. The molecule has 0 aliphatic heterocycles. The van der Waals surface area contributed by atoms with E-state index >= 15 is 0 Å². The van der Waals surface area contributed by atoms with Gasteiger partial charge in [-0.25, -0.2) is 0 Å². The summed E-state index contributed by atoms with van der Waals surface area (Å²) in [6.45, 7) is -2.92. The van der Waals surface area contributed by atoms with Crippen LogP contribution in [-0.2, 0) is 17.6 Å². The molecule has 1 atom stereocenters. The van der Waals surface area contributed by atoms with Crippen LogP contribution in [0, 0.1) is 0 Å². The Labute approximate surface area is 177 Å². The van der Waals surface area contributed by atoms with Crippen LogP contribution in [-0.4, -0.2) is 19.1 Å². The van der Waals surface area contributed by atoms with Crippen LogP contribution in [0.2, 0.25) is 0 Å². The number of alkyl halides is 2. The zero-order valence-electron chi connectivity index (χ0n) is 16.2. The van der Waals surface area contributed by atoms with Crippen molar-refractivity contribution >= 4 is 22.9 Å². The van der Waals surface area contributed by atoms with E-state index in [0.29, 0.717) is 0 Å². The van der Waals surface area contributed by atoms with Crippen LogP contribution in [0.5, 0.6) is 5.75 Å². The maximum absolute atomic E-state index is 12.6. The number of hydrogen-bond donors (Lipinski definition) is 2. The Kier molecular flexibility index (Phi) is 6.40. The first kappa shape index (κ1) is 20.5. The van der Waals surface area contributed by atoms with E-state index in [9.17, 15) is 13.6 Å². The van der Waals surface area contributed by atoms with E-state index in [0.717, 1.165) is 23.3 Å². The number of nitrogens with one attached hydrogen (secondary N) is 2. The van der Waals surface area contributed by atoms with Gasteiger partial charge in [0.1, 0.15) is 5.75 Å². The number of ether oxygens (including phenoxy) is 1. The van der Waals surface area contributed by atoms with E-state index in [1.54, 1.807) is 23.5 Å². The molecule has 0 saturated heterocycles. The number of aryl methyl sites for hydroxylation is 2. The Balaban J connectivity index is 1.47. The lowest BCUT2D eigenvalue weighted by molar-refractivity contribution is -0.115. The minimum absolute atomic E-state index is 0.0304. The van der Waals surface area contributed by atoms with Gasteiger partial charge in [0.15, 0.2) is 0 Å². The molecule has 0 saturated carbocycles. The molecule has 30 heavy (non-hydrogen) atoms. The van der Waals surface area contributed by atoms with Gasteiger partial charge < -0.3 is 10.1 Å². The molecule has 7 heteroatoms. The van der Waals surface area contributed by atoms with Gasteiger partial charge in [-0.1, -0.05) is 36.4 Å². The molecule has 4 rings (SSSR count). The summed E-state index contributed by atoms with van der Waals surface area (Å²) in [6, 6.07) is 16.6. The Morgan fingerprint density at radius 2 is 1.90 bits per heavy atom. The Morgan fingerprint density at radius 3 is 2.70 bits per heavy atom. The first-order valence-corrected chi connectivity index (χ1v) is 10.7. The summed E-state index contributed by atoms with van der Waals surface area (Å²) in [7, 11) is 0. The second kappa shape index (κ2) is 9.36. The van der Waals surface area contributed by atoms with Gasteiger partial charge in [0, 0.05) is 4.88 Å². The summed E-state index contributed by atoms with van der Waals surface area (Å²) in [5.41, 5.74) is 4.11. The standard InChI is InChI=1S/C23H22F2N2O2S/c24-23(25)29-19-8-2-1-7-18(19)27-21(28)14-26-22(20-9-4-12-30-20)17-11-10-15-5-3-6-16(15)13-17/h1-2,4,7-13,22-23,26H,3,5-6,14H2,(H,27,28)/t22-/m0/s1. The van der Waals surface area contributed by atoms with E-state index in [4.69, 9.17) is 0 Å². The Hall–Kier alpha value is -2.77. The van der Waals surface area contributed by atoms with Crippen molar-refractivity contribution in [3.8, 4) is 5.75 Å². The third-order valence-corrected chi connectivity index (χ3v) is 6.06. The summed E-state index contributed by atoms with van der Waals surface area (Å²) < 4.78 is 29.6.